The van der Waals surface area contributed by atoms with Gasteiger partial charge in [-0.3, -0.25) is 14.7 Å². The van der Waals surface area contributed by atoms with Crippen molar-refractivity contribution in [3.8, 4) is 0 Å². The maximum absolute atomic E-state index is 10.6. The SMILES string of the molecule is NC(=O)CC(Cc1ccn[nH]1)OC=O. The van der Waals surface area contributed by atoms with Gasteiger partial charge in [0, 0.05) is 18.3 Å². The zero-order chi connectivity index (χ0) is 10.4. The number of primary amides is 1. The third kappa shape index (κ3) is 3.26. The summed E-state index contributed by atoms with van der Waals surface area (Å²) in [5.74, 6) is -0.503. The van der Waals surface area contributed by atoms with Crippen molar-refractivity contribution in [3.63, 3.8) is 0 Å². The molecule has 1 unspecified atom stereocenters. The monoisotopic (exact) mass is 197 g/mol. The van der Waals surface area contributed by atoms with E-state index >= 15 is 0 Å². The van der Waals surface area contributed by atoms with Crippen molar-refractivity contribution in [1.82, 2.24) is 10.2 Å². The van der Waals surface area contributed by atoms with Gasteiger partial charge < -0.3 is 10.5 Å². The number of carbonyl (C=O) groups is 2. The fourth-order valence-corrected chi connectivity index (χ4v) is 1.12. The molecule has 1 atom stereocenters. The summed E-state index contributed by atoms with van der Waals surface area (Å²) in [5, 5.41) is 6.43. The summed E-state index contributed by atoms with van der Waals surface area (Å²) in [6, 6.07) is 1.74. The summed E-state index contributed by atoms with van der Waals surface area (Å²) >= 11 is 0. The molecule has 6 nitrogen and oxygen atoms in total. The highest BCUT2D eigenvalue weighted by Crippen LogP contribution is 2.05. The van der Waals surface area contributed by atoms with Gasteiger partial charge in [-0.15, -0.1) is 0 Å². The minimum atomic E-state index is -0.523. The minimum Gasteiger partial charge on any atom is -0.464 e. The first kappa shape index (κ1) is 10.2. The highest BCUT2D eigenvalue weighted by atomic mass is 16.5. The second-order valence-electron chi connectivity index (χ2n) is 2.81. The zero-order valence-electron chi connectivity index (χ0n) is 7.47. The Balaban J connectivity index is 2.50. The fraction of sp³-hybridized carbons (Fsp3) is 0.375. The second-order valence-corrected chi connectivity index (χ2v) is 2.81. The average molecular weight is 197 g/mol. The predicted octanol–water partition coefficient (Wildman–Crippen LogP) is -0.631. The molecular weight excluding hydrogens is 186 g/mol. The number of amides is 1. The topological polar surface area (TPSA) is 98.1 Å². The highest BCUT2D eigenvalue weighted by Gasteiger charge is 2.14. The van der Waals surface area contributed by atoms with E-state index < -0.39 is 12.0 Å². The van der Waals surface area contributed by atoms with Gasteiger partial charge in [0.15, 0.2) is 0 Å². The van der Waals surface area contributed by atoms with Gasteiger partial charge in [-0.05, 0) is 6.07 Å². The van der Waals surface area contributed by atoms with Gasteiger partial charge in [-0.1, -0.05) is 0 Å². The van der Waals surface area contributed by atoms with Crippen molar-refractivity contribution in [3.05, 3.63) is 18.0 Å². The Bertz CT molecular complexity index is 297. The number of nitrogens with one attached hydrogen (secondary N) is 1. The molecule has 1 amide bonds. The number of aromatic nitrogens is 2. The smallest absolute Gasteiger partial charge is 0.293 e. The van der Waals surface area contributed by atoms with Crippen LogP contribution in [0.2, 0.25) is 0 Å². The molecule has 6 heteroatoms. The molecule has 0 aliphatic carbocycles. The number of ether oxygens (including phenoxy) is 1. The Labute approximate surface area is 80.4 Å². The van der Waals surface area contributed by atoms with Gasteiger partial charge in [0.25, 0.3) is 6.47 Å². The van der Waals surface area contributed by atoms with Crippen molar-refractivity contribution < 1.29 is 14.3 Å². The normalized spacial score (nSPS) is 12.0. The molecule has 1 heterocycles. The fourth-order valence-electron chi connectivity index (χ4n) is 1.12. The molecule has 0 aromatic carbocycles. The number of carbonyl (C=O) groups excluding carboxylic acids is 2. The summed E-state index contributed by atoms with van der Waals surface area (Å²) < 4.78 is 4.70. The van der Waals surface area contributed by atoms with E-state index in [9.17, 15) is 9.59 Å². The van der Waals surface area contributed by atoms with Crippen molar-refractivity contribution in [1.29, 1.82) is 0 Å². The van der Waals surface area contributed by atoms with Crippen LogP contribution in [0.25, 0.3) is 0 Å². The van der Waals surface area contributed by atoms with Gasteiger partial charge in [0.2, 0.25) is 5.91 Å². The van der Waals surface area contributed by atoms with Crippen LogP contribution in [-0.4, -0.2) is 28.7 Å². The van der Waals surface area contributed by atoms with E-state index in [1.54, 1.807) is 12.3 Å². The first-order chi connectivity index (χ1) is 6.72. The summed E-state index contributed by atoms with van der Waals surface area (Å²) in [6.45, 7) is 0.309. The van der Waals surface area contributed by atoms with Crippen LogP contribution in [0.15, 0.2) is 12.3 Å². The van der Waals surface area contributed by atoms with E-state index in [2.05, 4.69) is 10.2 Å². The molecule has 0 aliphatic heterocycles. The van der Waals surface area contributed by atoms with Crippen LogP contribution in [-0.2, 0) is 20.7 Å². The highest BCUT2D eigenvalue weighted by molar-refractivity contribution is 5.74. The average Bonchev–Trinajstić information content (AvgIpc) is 2.56. The zero-order valence-corrected chi connectivity index (χ0v) is 7.47. The lowest BCUT2D eigenvalue weighted by atomic mass is 10.1. The summed E-state index contributed by atoms with van der Waals surface area (Å²) in [5.41, 5.74) is 5.78. The van der Waals surface area contributed by atoms with Crippen LogP contribution in [0, 0.1) is 0 Å². The lowest BCUT2D eigenvalue weighted by Gasteiger charge is -2.11. The Morgan fingerprint density at radius 1 is 1.79 bits per heavy atom. The first-order valence-corrected chi connectivity index (χ1v) is 4.08. The maximum atomic E-state index is 10.6. The molecule has 0 radical (unpaired) electrons. The molecule has 76 valence electrons. The number of H-pyrrole nitrogens is 1. The summed E-state index contributed by atoms with van der Waals surface area (Å²) in [7, 11) is 0. The summed E-state index contributed by atoms with van der Waals surface area (Å²) in [6.07, 6.45) is 1.47. The van der Waals surface area contributed by atoms with Gasteiger partial charge >= 0.3 is 0 Å². The predicted molar refractivity (Wildman–Crippen MR) is 47.0 cm³/mol. The van der Waals surface area contributed by atoms with Crippen LogP contribution in [0.4, 0.5) is 0 Å². The Kier molecular flexibility index (Phi) is 3.66. The molecule has 1 aromatic rings. The molecule has 0 saturated carbocycles. The van der Waals surface area contributed by atoms with Crippen molar-refractivity contribution >= 4 is 12.4 Å². The van der Waals surface area contributed by atoms with Crippen molar-refractivity contribution in [2.75, 3.05) is 0 Å². The van der Waals surface area contributed by atoms with Gasteiger partial charge in [0.1, 0.15) is 6.10 Å². The lowest BCUT2D eigenvalue weighted by molar-refractivity contribution is -0.135. The number of nitrogens with zero attached hydrogens (tertiary/aromatic N) is 1. The largest absolute Gasteiger partial charge is 0.464 e. The molecule has 0 fully saturated rings. The minimum absolute atomic E-state index is 0.0117. The molecule has 0 saturated heterocycles. The van der Waals surface area contributed by atoms with E-state index in [1.165, 1.54) is 0 Å². The third-order valence-electron chi connectivity index (χ3n) is 1.68. The molecule has 1 rings (SSSR count). The third-order valence-corrected chi connectivity index (χ3v) is 1.68. The van der Waals surface area contributed by atoms with E-state index in [-0.39, 0.29) is 6.42 Å². The van der Waals surface area contributed by atoms with Crippen LogP contribution >= 0.6 is 0 Å². The molecule has 0 aliphatic rings. The quantitative estimate of drug-likeness (QED) is 0.593. The van der Waals surface area contributed by atoms with Crippen molar-refractivity contribution in [2.24, 2.45) is 5.73 Å². The Morgan fingerprint density at radius 2 is 2.57 bits per heavy atom. The van der Waals surface area contributed by atoms with Gasteiger partial charge in [-0.25, -0.2) is 0 Å². The number of rotatable bonds is 6. The molecule has 14 heavy (non-hydrogen) atoms. The Morgan fingerprint density at radius 3 is 3.07 bits per heavy atom. The standard InChI is InChI=1S/C8H11N3O3/c9-8(13)4-7(14-5-12)3-6-1-2-10-11-6/h1-2,5,7H,3-4H2,(H2,9,13)(H,10,11). The van der Waals surface area contributed by atoms with Gasteiger partial charge in [-0.2, -0.15) is 5.10 Å². The van der Waals surface area contributed by atoms with Crippen molar-refractivity contribution in [2.45, 2.75) is 18.9 Å². The van der Waals surface area contributed by atoms with Crippen LogP contribution in [0.3, 0.4) is 0 Å². The second kappa shape index (κ2) is 5.00. The van der Waals surface area contributed by atoms with Crippen LogP contribution < -0.4 is 5.73 Å². The van der Waals surface area contributed by atoms with E-state index in [0.29, 0.717) is 12.9 Å². The summed E-state index contributed by atoms with van der Waals surface area (Å²) in [4.78, 5) is 20.7. The molecular formula is C8H11N3O3. The van der Waals surface area contributed by atoms with E-state index in [4.69, 9.17) is 10.5 Å². The first-order valence-electron chi connectivity index (χ1n) is 4.08. The van der Waals surface area contributed by atoms with E-state index in [1.807, 2.05) is 0 Å². The number of hydrogen-bond acceptors (Lipinski definition) is 4. The van der Waals surface area contributed by atoms with E-state index in [0.717, 1.165) is 5.69 Å². The number of nitrogens with two attached hydrogens (primary N) is 1. The Hall–Kier alpha value is -1.85. The lowest BCUT2D eigenvalue weighted by Crippen LogP contribution is -2.24. The molecule has 1 aromatic heterocycles. The number of aromatic amines is 1. The molecule has 3 N–H and O–H groups in total. The maximum Gasteiger partial charge on any atom is 0.293 e. The van der Waals surface area contributed by atoms with Crippen LogP contribution in [0.1, 0.15) is 12.1 Å². The van der Waals surface area contributed by atoms with Crippen LogP contribution in [0.5, 0.6) is 0 Å². The number of hydrogen-bond donors (Lipinski definition) is 2. The van der Waals surface area contributed by atoms with Gasteiger partial charge in [0.05, 0.1) is 6.42 Å². The molecule has 0 bridgehead atoms. The molecule has 0 spiro atoms.